The van der Waals surface area contributed by atoms with Crippen LogP contribution in [0.1, 0.15) is 29.3 Å². The number of hydrogen-bond donors (Lipinski definition) is 2. The Bertz CT molecular complexity index is 932. The summed E-state index contributed by atoms with van der Waals surface area (Å²) >= 11 is 6.00. The highest BCUT2D eigenvalue weighted by molar-refractivity contribution is 6.30. The van der Waals surface area contributed by atoms with Crippen molar-refractivity contribution in [3.63, 3.8) is 0 Å². The van der Waals surface area contributed by atoms with Crippen molar-refractivity contribution in [1.82, 2.24) is 10.7 Å². The van der Waals surface area contributed by atoms with E-state index in [9.17, 15) is 9.59 Å². The maximum Gasteiger partial charge on any atom is 0.259 e. The summed E-state index contributed by atoms with van der Waals surface area (Å²) in [5.74, 6) is 0.803. The summed E-state index contributed by atoms with van der Waals surface area (Å²) in [6.45, 7) is 2.44. The Balaban J connectivity index is 1.51. The van der Waals surface area contributed by atoms with Gasteiger partial charge in [-0.05, 0) is 42.8 Å². The Hall–Kier alpha value is -3.26. The van der Waals surface area contributed by atoms with E-state index < -0.39 is 11.8 Å². The number of amides is 2. The van der Waals surface area contributed by atoms with Crippen molar-refractivity contribution in [2.24, 2.45) is 5.10 Å². The van der Waals surface area contributed by atoms with Crippen molar-refractivity contribution in [2.75, 3.05) is 19.9 Å². The van der Waals surface area contributed by atoms with Crippen LogP contribution >= 0.6 is 11.6 Å². The van der Waals surface area contributed by atoms with Gasteiger partial charge in [0, 0.05) is 16.1 Å². The lowest BCUT2D eigenvalue weighted by Gasteiger charge is -2.08. The van der Waals surface area contributed by atoms with E-state index in [0.29, 0.717) is 40.0 Å². The van der Waals surface area contributed by atoms with Crippen LogP contribution in [0.4, 0.5) is 0 Å². The van der Waals surface area contributed by atoms with Crippen LogP contribution in [0.3, 0.4) is 0 Å². The Morgan fingerprint density at radius 3 is 2.86 bits per heavy atom. The van der Waals surface area contributed by atoms with Gasteiger partial charge in [0.25, 0.3) is 11.8 Å². The Kier molecular flexibility index (Phi) is 6.91. The molecular weight excluding hydrogens is 398 g/mol. The fraction of sp³-hybridized carbons (Fsp3) is 0.250. The molecule has 9 heteroatoms. The third-order valence-electron chi connectivity index (χ3n) is 3.87. The normalized spacial score (nSPS) is 12.1. The van der Waals surface area contributed by atoms with Gasteiger partial charge in [-0.2, -0.15) is 5.10 Å². The number of ether oxygens (including phenoxy) is 3. The van der Waals surface area contributed by atoms with Crippen LogP contribution in [0, 0.1) is 0 Å². The minimum atomic E-state index is -0.478. The van der Waals surface area contributed by atoms with Gasteiger partial charge < -0.3 is 19.5 Å². The molecule has 2 N–H and O–H groups in total. The number of carbonyl (C=O) groups is 2. The second kappa shape index (κ2) is 9.79. The molecule has 0 saturated carbocycles. The molecule has 152 valence electrons. The van der Waals surface area contributed by atoms with Gasteiger partial charge in [0.05, 0.1) is 19.4 Å². The van der Waals surface area contributed by atoms with Crippen molar-refractivity contribution >= 4 is 29.6 Å². The molecule has 0 saturated heterocycles. The number of fused-ring (bicyclic) bond motifs is 1. The molecule has 29 heavy (non-hydrogen) atoms. The number of carbonyl (C=O) groups excluding carboxylic acids is 2. The van der Waals surface area contributed by atoms with Gasteiger partial charge >= 0.3 is 0 Å². The van der Waals surface area contributed by atoms with Gasteiger partial charge in [-0.25, -0.2) is 5.43 Å². The third kappa shape index (κ3) is 5.61. The lowest BCUT2D eigenvalue weighted by Crippen LogP contribution is -2.34. The molecule has 0 bridgehead atoms. The zero-order valence-electron chi connectivity index (χ0n) is 15.7. The highest BCUT2D eigenvalue weighted by Crippen LogP contribution is 2.32. The first-order chi connectivity index (χ1) is 14.1. The van der Waals surface area contributed by atoms with Crippen LogP contribution < -0.4 is 25.0 Å². The summed E-state index contributed by atoms with van der Waals surface area (Å²) in [5, 5.41) is 6.94. The van der Waals surface area contributed by atoms with E-state index in [1.165, 1.54) is 6.21 Å². The van der Waals surface area contributed by atoms with E-state index >= 15 is 0 Å². The molecule has 0 aromatic heterocycles. The van der Waals surface area contributed by atoms with Gasteiger partial charge in [0.1, 0.15) is 5.75 Å². The van der Waals surface area contributed by atoms with E-state index in [1.54, 1.807) is 36.4 Å². The molecule has 0 radical (unpaired) electrons. The molecule has 1 heterocycles. The number of nitrogens with zero attached hydrogens (tertiary/aromatic N) is 1. The number of benzene rings is 2. The molecule has 0 fully saturated rings. The van der Waals surface area contributed by atoms with Crippen molar-refractivity contribution < 1.29 is 23.8 Å². The van der Waals surface area contributed by atoms with Gasteiger partial charge in [0.2, 0.25) is 6.79 Å². The zero-order valence-corrected chi connectivity index (χ0v) is 16.5. The number of rotatable bonds is 8. The summed E-state index contributed by atoms with van der Waals surface area (Å²) in [7, 11) is 0. The number of halogens is 1. The lowest BCUT2D eigenvalue weighted by molar-refractivity contribution is -0.120. The second-order valence-corrected chi connectivity index (χ2v) is 6.51. The van der Waals surface area contributed by atoms with Crippen LogP contribution in [-0.4, -0.2) is 38.0 Å². The summed E-state index contributed by atoms with van der Waals surface area (Å²) in [6.07, 6.45) is 2.30. The molecule has 8 nitrogen and oxygen atoms in total. The van der Waals surface area contributed by atoms with Crippen LogP contribution in [0.2, 0.25) is 5.02 Å². The first-order valence-corrected chi connectivity index (χ1v) is 9.36. The average molecular weight is 418 g/mol. The molecule has 2 aromatic carbocycles. The monoisotopic (exact) mass is 417 g/mol. The van der Waals surface area contributed by atoms with Crippen LogP contribution in [0.5, 0.6) is 17.2 Å². The quantitative estimate of drug-likeness (QED) is 0.508. The molecule has 2 amide bonds. The first-order valence-electron chi connectivity index (χ1n) is 8.99. The molecule has 3 rings (SSSR count). The molecular formula is C20H20ClN3O5. The molecule has 1 aliphatic heterocycles. The summed E-state index contributed by atoms with van der Waals surface area (Å²) < 4.78 is 16.1. The third-order valence-corrected chi connectivity index (χ3v) is 4.11. The average Bonchev–Trinajstić information content (AvgIpc) is 3.19. The van der Waals surface area contributed by atoms with E-state index in [4.69, 9.17) is 25.8 Å². The van der Waals surface area contributed by atoms with E-state index in [1.807, 2.05) is 6.92 Å². The molecule has 2 aromatic rings. The fourth-order valence-electron chi connectivity index (χ4n) is 2.48. The van der Waals surface area contributed by atoms with E-state index in [-0.39, 0.29) is 13.3 Å². The molecule has 0 atom stereocenters. The fourth-order valence-corrected chi connectivity index (χ4v) is 2.66. The number of nitrogens with one attached hydrogen (secondary N) is 2. The van der Waals surface area contributed by atoms with E-state index in [2.05, 4.69) is 15.8 Å². The van der Waals surface area contributed by atoms with E-state index in [0.717, 1.165) is 6.42 Å². The molecule has 0 aliphatic carbocycles. The SMILES string of the molecule is CCCOc1ccc(Cl)cc1C=NNC(=O)CNC(=O)c1ccc2c(c1)OCO2. The minimum absolute atomic E-state index is 0.124. The predicted molar refractivity (Wildman–Crippen MR) is 108 cm³/mol. The summed E-state index contributed by atoms with van der Waals surface area (Å²) in [5.41, 5.74) is 3.35. The topological polar surface area (TPSA) is 98.2 Å². The first kappa shape index (κ1) is 20.5. The highest BCUT2D eigenvalue weighted by Gasteiger charge is 2.16. The van der Waals surface area contributed by atoms with Crippen molar-refractivity contribution in [3.8, 4) is 17.2 Å². The Morgan fingerprint density at radius 1 is 1.21 bits per heavy atom. The van der Waals surface area contributed by atoms with Crippen molar-refractivity contribution in [2.45, 2.75) is 13.3 Å². The second-order valence-electron chi connectivity index (χ2n) is 6.07. The van der Waals surface area contributed by atoms with Gasteiger partial charge in [-0.3, -0.25) is 9.59 Å². The number of hydrazone groups is 1. The maximum atomic E-state index is 12.2. The smallest absolute Gasteiger partial charge is 0.259 e. The molecule has 0 unspecified atom stereocenters. The Labute approximate surface area is 172 Å². The zero-order chi connectivity index (χ0) is 20.6. The molecule has 0 spiro atoms. The maximum absolute atomic E-state index is 12.2. The Morgan fingerprint density at radius 2 is 2.03 bits per heavy atom. The van der Waals surface area contributed by atoms with Gasteiger partial charge in [-0.1, -0.05) is 18.5 Å². The van der Waals surface area contributed by atoms with Gasteiger partial charge in [0.15, 0.2) is 11.5 Å². The van der Waals surface area contributed by atoms with Crippen LogP contribution in [0.15, 0.2) is 41.5 Å². The summed E-state index contributed by atoms with van der Waals surface area (Å²) in [6, 6.07) is 9.94. The van der Waals surface area contributed by atoms with Gasteiger partial charge in [-0.15, -0.1) is 0 Å². The van der Waals surface area contributed by atoms with Crippen molar-refractivity contribution in [3.05, 3.63) is 52.5 Å². The largest absolute Gasteiger partial charge is 0.493 e. The standard InChI is InChI=1S/C20H20ClN3O5/c1-2-7-27-16-6-4-15(21)8-14(16)10-23-24-19(25)11-22-20(26)13-3-5-17-18(9-13)29-12-28-17/h3-6,8-10H,2,7,11-12H2,1H3,(H,22,26)(H,24,25). The summed E-state index contributed by atoms with van der Waals surface area (Å²) in [4.78, 5) is 24.1. The van der Waals surface area contributed by atoms with Crippen LogP contribution in [0.25, 0.3) is 0 Å². The predicted octanol–water partition coefficient (Wildman–Crippen LogP) is 2.74. The van der Waals surface area contributed by atoms with Crippen LogP contribution in [-0.2, 0) is 4.79 Å². The van der Waals surface area contributed by atoms with Crippen molar-refractivity contribution in [1.29, 1.82) is 0 Å². The molecule has 1 aliphatic rings. The highest BCUT2D eigenvalue weighted by atomic mass is 35.5. The lowest BCUT2D eigenvalue weighted by atomic mass is 10.2. The number of hydrogen-bond acceptors (Lipinski definition) is 6. The minimum Gasteiger partial charge on any atom is -0.493 e.